The van der Waals surface area contributed by atoms with Crippen molar-refractivity contribution in [1.82, 2.24) is 9.97 Å². The van der Waals surface area contributed by atoms with E-state index in [9.17, 15) is 0 Å². The molecule has 1 heterocycles. The number of imidazole rings is 1. The fraction of sp³-hybridized carbons (Fsp3) is 0.0714. The van der Waals surface area contributed by atoms with E-state index in [1.807, 2.05) is 25.1 Å². The molecule has 1 N–H and O–H groups in total. The Morgan fingerprint density at radius 1 is 1.00 bits per heavy atom. The van der Waals surface area contributed by atoms with Crippen LogP contribution in [0.4, 0.5) is 0 Å². The van der Waals surface area contributed by atoms with Crippen molar-refractivity contribution in [2.45, 2.75) is 6.92 Å². The summed E-state index contributed by atoms with van der Waals surface area (Å²) in [7, 11) is 0. The normalized spacial score (nSPS) is 11.2. The van der Waals surface area contributed by atoms with Crippen LogP contribution in [0.3, 0.4) is 0 Å². The second-order valence-corrected chi connectivity index (χ2v) is 5.58. The summed E-state index contributed by atoms with van der Waals surface area (Å²) in [5, 5.41) is 1.72. The first-order chi connectivity index (χ1) is 9.04. The minimum absolute atomic E-state index is 0.500. The first-order valence-corrected chi connectivity index (χ1v) is 6.79. The maximum atomic E-state index is 6.00. The number of H-pyrrole nitrogens is 1. The van der Waals surface area contributed by atoms with Crippen LogP contribution in [0.2, 0.25) is 15.1 Å². The van der Waals surface area contributed by atoms with Gasteiger partial charge in [-0.3, -0.25) is 0 Å². The zero-order chi connectivity index (χ0) is 13.6. The van der Waals surface area contributed by atoms with Crippen LogP contribution in [-0.4, -0.2) is 9.97 Å². The summed E-state index contributed by atoms with van der Waals surface area (Å²) in [6.45, 7) is 1.99. The maximum absolute atomic E-state index is 6.00. The highest BCUT2D eigenvalue weighted by atomic mass is 35.5. The third-order valence-electron chi connectivity index (χ3n) is 2.97. The standard InChI is InChI=1S/C14H9Cl3N2/c1-7-4-8(15)2-3-9(7)14-18-12-5-10(16)11(17)6-13(12)19-14/h2-6H,1H3,(H,18,19). The van der Waals surface area contributed by atoms with Gasteiger partial charge < -0.3 is 4.98 Å². The highest BCUT2D eigenvalue weighted by molar-refractivity contribution is 6.42. The smallest absolute Gasteiger partial charge is 0.138 e. The van der Waals surface area contributed by atoms with Crippen LogP contribution in [0.25, 0.3) is 22.4 Å². The van der Waals surface area contributed by atoms with Crippen LogP contribution in [0.1, 0.15) is 5.56 Å². The van der Waals surface area contributed by atoms with E-state index in [-0.39, 0.29) is 0 Å². The van der Waals surface area contributed by atoms with Gasteiger partial charge in [-0.25, -0.2) is 4.98 Å². The van der Waals surface area contributed by atoms with Crippen LogP contribution < -0.4 is 0 Å². The highest BCUT2D eigenvalue weighted by Crippen LogP contribution is 2.30. The molecule has 0 radical (unpaired) electrons. The molecule has 0 aliphatic rings. The van der Waals surface area contributed by atoms with Crippen LogP contribution in [0.15, 0.2) is 30.3 Å². The summed E-state index contributed by atoms with van der Waals surface area (Å²) in [6, 6.07) is 9.23. The molecule has 1 aromatic heterocycles. The third-order valence-corrected chi connectivity index (χ3v) is 3.92. The lowest BCUT2D eigenvalue weighted by Crippen LogP contribution is -1.84. The molecule has 3 rings (SSSR count). The lowest BCUT2D eigenvalue weighted by atomic mass is 10.1. The van der Waals surface area contributed by atoms with Crippen molar-refractivity contribution in [3.8, 4) is 11.4 Å². The van der Waals surface area contributed by atoms with Crippen LogP contribution in [0, 0.1) is 6.92 Å². The predicted octanol–water partition coefficient (Wildman–Crippen LogP) is 5.50. The number of rotatable bonds is 1. The molecule has 0 bridgehead atoms. The molecule has 0 amide bonds. The first kappa shape index (κ1) is 12.8. The molecule has 2 aromatic carbocycles. The molecule has 0 aliphatic carbocycles. The Kier molecular flexibility index (Phi) is 3.17. The van der Waals surface area contributed by atoms with Crippen LogP contribution in [-0.2, 0) is 0 Å². The molecular weight excluding hydrogens is 303 g/mol. The summed E-state index contributed by atoms with van der Waals surface area (Å²) < 4.78 is 0. The van der Waals surface area contributed by atoms with Gasteiger partial charge in [-0.15, -0.1) is 0 Å². The number of hydrogen-bond acceptors (Lipinski definition) is 1. The molecule has 0 unspecified atom stereocenters. The summed E-state index contributed by atoms with van der Waals surface area (Å²) in [5.41, 5.74) is 3.72. The Morgan fingerprint density at radius 3 is 2.47 bits per heavy atom. The quantitative estimate of drug-likeness (QED) is 0.631. The maximum Gasteiger partial charge on any atom is 0.138 e. The molecule has 3 aromatic rings. The fourth-order valence-corrected chi connectivity index (χ4v) is 2.57. The van der Waals surface area contributed by atoms with Gasteiger partial charge in [0.05, 0.1) is 21.1 Å². The van der Waals surface area contributed by atoms with Crippen LogP contribution in [0.5, 0.6) is 0 Å². The Labute approximate surface area is 125 Å². The first-order valence-electron chi connectivity index (χ1n) is 5.66. The molecule has 0 atom stereocenters. The van der Waals surface area contributed by atoms with E-state index in [0.29, 0.717) is 15.1 Å². The number of hydrogen-bond donors (Lipinski definition) is 1. The Hall–Kier alpha value is -1.22. The van der Waals surface area contributed by atoms with Crippen LogP contribution >= 0.6 is 34.8 Å². The number of nitrogens with zero attached hydrogens (tertiary/aromatic N) is 1. The van der Waals surface area contributed by atoms with E-state index in [2.05, 4.69) is 9.97 Å². The molecule has 96 valence electrons. The predicted molar refractivity (Wildman–Crippen MR) is 81.3 cm³/mol. The zero-order valence-corrected chi connectivity index (χ0v) is 12.2. The number of aromatic nitrogens is 2. The molecular formula is C14H9Cl3N2. The van der Waals surface area contributed by atoms with E-state index < -0.39 is 0 Å². The summed E-state index contributed by atoms with van der Waals surface area (Å²) in [4.78, 5) is 7.78. The van der Waals surface area contributed by atoms with E-state index >= 15 is 0 Å². The number of aryl methyl sites for hydroxylation is 1. The van der Waals surface area contributed by atoms with Crippen molar-refractivity contribution in [2.75, 3.05) is 0 Å². The van der Waals surface area contributed by atoms with Gasteiger partial charge >= 0.3 is 0 Å². The van der Waals surface area contributed by atoms with Gasteiger partial charge in [0.25, 0.3) is 0 Å². The second-order valence-electron chi connectivity index (χ2n) is 4.33. The molecule has 0 fully saturated rings. The van der Waals surface area contributed by atoms with Crippen molar-refractivity contribution in [1.29, 1.82) is 0 Å². The van der Waals surface area contributed by atoms with Gasteiger partial charge in [-0.05, 0) is 42.8 Å². The number of halogens is 3. The average molecular weight is 312 g/mol. The van der Waals surface area contributed by atoms with Gasteiger partial charge in [0.2, 0.25) is 0 Å². The topological polar surface area (TPSA) is 28.7 Å². The Bertz CT molecular complexity index is 739. The van der Waals surface area contributed by atoms with Crippen molar-refractivity contribution >= 4 is 45.8 Å². The lowest BCUT2D eigenvalue weighted by molar-refractivity contribution is 1.31. The number of benzene rings is 2. The summed E-state index contributed by atoms with van der Waals surface area (Å²) in [6.07, 6.45) is 0. The van der Waals surface area contributed by atoms with E-state index in [0.717, 1.165) is 28.0 Å². The SMILES string of the molecule is Cc1cc(Cl)ccc1-c1nc2cc(Cl)c(Cl)cc2[nH]1. The lowest BCUT2D eigenvalue weighted by Gasteiger charge is -2.02. The van der Waals surface area contributed by atoms with E-state index in [1.165, 1.54) is 0 Å². The highest BCUT2D eigenvalue weighted by Gasteiger charge is 2.10. The molecule has 5 heteroatoms. The number of nitrogens with one attached hydrogen (secondary N) is 1. The van der Waals surface area contributed by atoms with Crippen molar-refractivity contribution < 1.29 is 0 Å². The van der Waals surface area contributed by atoms with Crippen molar-refractivity contribution in [3.05, 3.63) is 51.0 Å². The third kappa shape index (κ3) is 2.32. The minimum atomic E-state index is 0.500. The van der Waals surface area contributed by atoms with Crippen molar-refractivity contribution in [3.63, 3.8) is 0 Å². The van der Waals surface area contributed by atoms with Gasteiger partial charge in [0, 0.05) is 10.6 Å². The summed E-state index contributed by atoms with van der Waals surface area (Å²) in [5.74, 6) is 0.780. The van der Waals surface area contributed by atoms with Gasteiger partial charge in [0.15, 0.2) is 0 Å². The average Bonchev–Trinajstić information content (AvgIpc) is 2.72. The van der Waals surface area contributed by atoms with Gasteiger partial charge in [0.1, 0.15) is 5.82 Å². The van der Waals surface area contributed by atoms with E-state index in [1.54, 1.807) is 12.1 Å². The minimum Gasteiger partial charge on any atom is -0.338 e. The zero-order valence-electron chi connectivity index (χ0n) is 9.97. The molecule has 19 heavy (non-hydrogen) atoms. The Morgan fingerprint density at radius 2 is 1.74 bits per heavy atom. The number of fused-ring (bicyclic) bond motifs is 1. The van der Waals surface area contributed by atoms with Gasteiger partial charge in [-0.2, -0.15) is 0 Å². The monoisotopic (exact) mass is 310 g/mol. The number of aromatic amines is 1. The Balaban J connectivity index is 2.20. The molecule has 0 spiro atoms. The van der Waals surface area contributed by atoms with Gasteiger partial charge in [-0.1, -0.05) is 34.8 Å². The molecule has 0 saturated heterocycles. The fourth-order valence-electron chi connectivity index (χ4n) is 2.03. The molecule has 0 saturated carbocycles. The largest absolute Gasteiger partial charge is 0.338 e. The van der Waals surface area contributed by atoms with Crippen molar-refractivity contribution in [2.24, 2.45) is 0 Å². The van der Waals surface area contributed by atoms with E-state index in [4.69, 9.17) is 34.8 Å². The molecule has 0 aliphatic heterocycles. The summed E-state index contributed by atoms with van der Waals surface area (Å²) >= 11 is 17.9. The molecule has 2 nitrogen and oxygen atoms in total. The second kappa shape index (κ2) is 4.71.